The van der Waals surface area contributed by atoms with Crippen LogP contribution in [0.4, 0.5) is 5.69 Å². The van der Waals surface area contributed by atoms with Gasteiger partial charge < -0.3 is 14.6 Å². The van der Waals surface area contributed by atoms with Gasteiger partial charge in [-0.05, 0) is 24.3 Å². The standard InChI is InChI=1S/C16H12ClN3O4/c17-13-7-12(5-4-11(13)8-18)19-14(21)10-24-16(23)9-20-6-2-1-3-15(20)22/h1-7H,9-10H2,(H,19,21). The first-order chi connectivity index (χ1) is 11.5. The third-order valence-electron chi connectivity index (χ3n) is 2.94. The molecule has 24 heavy (non-hydrogen) atoms. The zero-order valence-corrected chi connectivity index (χ0v) is 13.1. The van der Waals surface area contributed by atoms with E-state index >= 15 is 0 Å². The average molecular weight is 346 g/mol. The molecule has 0 radical (unpaired) electrons. The molecule has 1 amide bonds. The lowest BCUT2D eigenvalue weighted by Crippen LogP contribution is -2.26. The summed E-state index contributed by atoms with van der Waals surface area (Å²) in [7, 11) is 0. The Morgan fingerprint density at radius 1 is 1.29 bits per heavy atom. The second-order valence-electron chi connectivity index (χ2n) is 4.68. The van der Waals surface area contributed by atoms with Crippen LogP contribution in [0.3, 0.4) is 0 Å². The number of hydrogen-bond acceptors (Lipinski definition) is 5. The lowest BCUT2D eigenvalue weighted by molar-refractivity contribution is -0.147. The maximum absolute atomic E-state index is 11.7. The van der Waals surface area contributed by atoms with Crippen LogP contribution in [0, 0.1) is 11.3 Å². The van der Waals surface area contributed by atoms with E-state index in [9.17, 15) is 14.4 Å². The first-order valence-electron chi connectivity index (χ1n) is 6.80. The molecule has 0 aliphatic heterocycles. The highest BCUT2D eigenvalue weighted by Crippen LogP contribution is 2.20. The lowest BCUT2D eigenvalue weighted by atomic mass is 10.2. The molecule has 0 bridgehead atoms. The van der Waals surface area contributed by atoms with Gasteiger partial charge in [0.2, 0.25) is 0 Å². The third-order valence-corrected chi connectivity index (χ3v) is 3.25. The molecule has 0 atom stereocenters. The molecule has 1 aromatic heterocycles. The van der Waals surface area contributed by atoms with Crippen LogP contribution in [0.15, 0.2) is 47.4 Å². The van der Waals surface area contributed by atoms with Crippen LogP contribution in [0.25, 0.3) is 0 Å². The number of amides is 1. The fourth-order valence-electron chi connectivity index (χ4n) is 1.80. The van der Waals surface area contributed by atoms with E-state index in [2.05, 4.69) is 5.32 Å². The van der Waals surface area contributed by atoms with Crippen LogP contribution in [0.5, 0.6) is 0 Å². The Hall–Kier alpha value is -3.11. The number of aromatic nitrogens is 1. The molecule has 1 aromatic carbocycles. The smallest absolute Gasteiger partial charge is 0.326 e. The van der Waals surface area contributed by atoms with Crippen LogP contribution in [-0.4, -0.2) is 23.1 Å². The number of esters is 1. The summed E-state index contributed by atoms with van der Waals surface area (Å²) in [4.78, 5) is 34.8. The van der Waals surface area contributed by atoms with Gasteiger partial charge in [-0.1, -0.05) is 17.7 Å². The number of carbonyl (C=O) groups is 2. The highest BCUT2D eigenvalue weighted by molar-refractivity contribution is 6.32. The van der Waals surface area contributed by atoms with Crippen molar-refractivity contribution in [2.24, 2.45) is 0 Å². The van der Waals surface area contributed by atoms with E-state index < -0.39 is 18.5 Å². The summed E-state index contributed by atoms with van der Waals surface area (Å²) >= 11 is 5.85. The lowest BCUT2D eigenvalue weighted by Gasteiger charge is -2.08. The average Bonchev–Trinajstić information content (AvgIpc) is 2.55. The van der Waals surface area contributed by atoms with Crippen molar-refractivity contribution < 1.29 is 14.3 Å². The summed E-state index contributed by atoms with van der Waals surface area (Å²) in [5, 5.41) is 11.5. The van der Waals surface area contributed by atoms with Crippen molar-refractivity contribution in [3.05, 3.63) is 63.5 Å². The van der Waals surface area contributed by atoms with Crippen molar-refractivity contribution >= 4 is 29.2 Å². The minimum absolute atomic E-state index is 0.204. The van der Waals surface area contributed by atoms with Crippen LogP contribution in [0.2, 0.25) is 5.02 Å². The fraction of sp³-hybridized carbons (Fsp3) is 0.125. The van der Waals surface area contributed by atoms with Gasteiger partial charge in [0, 0.05) is 18.0 Å². The Bertz CT molecular complexity index is 870. The van der Waals surface area contributed by atoms with E-state index in [-0.39, 0.29) is 22.7 Å². The minimum Gasteiger partial charge on any atom is -0.454 e. The van der Waals surface area contributed by atoms with Gasteiger partial charge >= 0.3 is 5.97 Å². The highest BCUT2D eigenvalue weighted by atomic mass is 35.5. The van der Waals surface area contributed by atoms with Crippen molar-refractivity contribution in [1.29, 1.82) is 5.26 Å². The molecule has 0 fully saturated rings. The molecule has 1 N–H and O–H groups in total. The largest absolute Gasteiger partial charge is 0.454 e. The van der Waals surface area contributed by atoms with E-state index in [4.69, 9.17) is 21.6 Å². The second-order valence-corrected chi connectivity index (χ2v) is 5.09. The molecule has 122 valence electrons. The van der Waals surface area contributed by atoms with Gasteiger partial charge in [0.05, 0.1) is 10.6 Å². The quantitative estimate of drug-likeness (QED) is 0.828. The topological polar surface area (TPSA) is 101 Å². The van der Waals surface area contributed by atoms with Crippen molar-refractivity contribution in [2.75, 3.05) is 11.9 Å². The molecule has 0 aliphatic rings. The number of carbonyl (C=O) groups excluding carboxylic acids is 2. The Labute approximate surface area is 142 Å². The van der Waals surface area contributed by atoms with E-state index in [1.54, 1.807) is 12.1 Å². The zero-order valence-electron chi connectivity index (χ0n) is 12.4. The zero-order chi connectivity index (χ0) is 17.5. The van der Waals surface area contributed by atoms with Crippen molar-refractivity contribution in [3.63, 3.8) is 0 Å². The van der Waals surface area contributed by atoms with Gasteiger partial charge in [-0.3, -0.25) is 14.4 Å². The van der Waals surface area contributed by atoms with Crippen molar-refractivity contribution in [2.45, 2.75) is 6.54 Å². The predicted octanol–water partition coefficient (Wildman–Crippen LogP) is 1.56. The van der Waals surface area contributed by atoms with E-state index in [0.29, 0.717) is 5.69 Å². The summed E-state index contributed by atoms with van der Waals surface area (Å²) in [6.45, 7) is -0.784. The molecule has 8 heteroatoms. The maximum atomic E-state index is 11.7. The number of ether oxygens (including phenoxy) is 1. The summed E-state index contributed by atoms with van der Waals surface area (Å²) < 4.78 is 5.98. The molecule has 0 unspecified atom stereocenters. The molecular formula is C16H12ClN3O4. The number of anilines is 1. The maximum Gasteiger partial charge on any atom is 0.326 e. The molecule has 2 rings (SSSR count). The molecular weight excluding hydrogens is 334 g/mol. The molecule has 0 saturated heterocycles. The first kappa shape index (κ1) is 17.2. The number of benzene rings is 1. The molecule has 0 spiro atoms. The van der Waals surface area contributed by atoms with E-state index in [0.717, 1.165) is 0 Å². The summed E-state index contributed by atoms with van der Waals surface area (Å²) in [6, 6.07) is 10.8. The molecule has 0 saturated carbocycles. The summed E-state index contributed by atoms with van der Waals surface area (Å²) in [6.07, 6.45) is 1.45. The van der Waals surface area contributed by atoms with Crippen LogP contribution in [0.1, 0.15) is 5.56 Å². The van der Waals surface area contributed by atoms with Crippen LogP contribution >= 0.6 is 11.6 Å². The predicted molar refractivity (Wildman–Crippen MR) is 86.5 cm³/mol. The van der Waals surface area contributed by atoms with E-state index in [1.165, 1.54) is 35.0 Å². The Morgan fingerprint density at radius 2 is 2.08 bits per heavy atom. The number of nitriles is 1. The minimum atomic E-state index is -0.712. The van der Waals surface area contributed by atoms with Gasteiger partial charge in [-0.15, -0.1) is 0 Å². The van der Waals surface area contributed by atoms with Gasteiger partial charge in [0.25, 0.3) is 11.5 Å². The monoisotopic (exact) mass is 345 g/mol. The number of halogens is 1. The number of hydrogen-bond donors (Lipinski definition) is 1. The number of nitrogens with one attached hydrogen (secondary N) is 1. The fourth-order valence-corrected chi connectivity index (χ4v) is 2.03. The number of rotatable bonds is 5. The highest BCUT2D eigenvalue weighted by Gasteiger charge is 2.10. The normalized spacial score (nSPS) is 9.83. The Morgan fingerprint density at radius 3 is 2.75 bits per heavy atom. The second kappa shape index (κ2) is 7.94. The Balaban J connectivity index is 1.86. The number of nitrogens with zero attached hydrogens (tertiary/aromatic N) is 2. The van der Waals surface area contributed by atoms with Crippen LogP contribution < -0.4 is 10.9 Å². The third kappa shape index (κ3) is 4.69. The molecule has 7 nitrogen and oxygen atoms in total. The van der Waals surface area contributed by atoms with Crippen LogP contribution in [-0.2, 0) is 20.9 Å². The first-order valence-corrected chi connectivity index (χ1v) is 7.18. The van der Waals surface area contributed by atoms with Gasteiger partial charge in [-0.25, -0.2) is 0 Å². The Kier molecular flexibility index (Phi) is 5.71. The van der Waals surface area contributed by atoms with Gasteiger partial charge in [-0.2, -0.15) is 5.26 Å². The summed E-state index contributed by atoms with van der Waals surface area (Å²) in [5.74, 6) is -1.28. The van der Waals surface area contributed by atoms with Gasteiger partial charge in [0.15, 0.2) is 6.61 Å². The molecule has 0 aliphatic carbocycles. The summed E-state index contributed by atoms with van der Waals surface area (Å²) in [5.41, 5.74) is 0.319. The van der Waals surface area contributed by atoms with Crippen molar-refractivity contribution in [1.82, 2.24) is 4.57 Å². The number of pyridine rings is 1. The van der Waals surface area contributed by atoms with E-state index in [1.807, 2.05) is 6.07 Å². The molecule has 2 aromatic rings. The van der Waals surface area contributed by atoms with Gasteiger partial charge in [0.1, 0.15) is 12.6 Å². The molecule has 1 heterocycles. The SMILES string of the molecule is N#Cc1ccc(NC(=O)COC(=O)Cn2ccccc2=O)cc1Cl. The van der Waals surface area contributed by atoms with Crippen molar-refractivity contribution in [3.8, 4) is 6.07 Å².